The van der Waals surface area contributed by atoms with Crippen LogP contribution >= 0.6 is 15.9 Å². The molecule has 0 saturated carbocycles. The summed E-state index contributed by atoms with van der Waals surface area (Å²) in [6, 6.07) is 8.41. The number of benzene rings is 1. The molecule has 5 heteroatoms. The van der Waals surface area contributed by atoms with Gasteiger partial charge >= 0.3 is 0 Å². The molecule has 21 heavy (non-hydrogen) atoms. The highest BCUT2D eigenvalue weighted by Gasteiger charge is 2.12. The number of nitrogens with zero attached hydrogens (tertiary/aromatic N) is 2. The lowest BCUT2D eigenvalue weighted by Gasteiger charge is -2.17. The van der Waals surface area contributed by atoms with Gasteiger partial charge in [-0.25, -0.2) is 0 Å². The number of halogens is 1. The summed E-state index contributed by atoms with van der Waals surface area (Å²) in [6.07, 6.45) is 0. The Balaban J connectivity index is 2.19. The van der Waals surface area contributed by atoms with Crippen LogP contribution < -0.4 is 10.1 Å². The normalized spacial score (nSPS) is 12.4. The zero-order valence-electron chi connectivity index (χ0n) is 13.0. The molecule has 0 aliphatic heterocycles. The van der Waals surface area contributed by atoms with Crippen molar-refractivity contribution >= 4 is 15.9 Å². The van der Waals surface area contributed by atoms with Gasteiger partial charge in [0.25, 0.3) is 0 Å². The van der Waals surface area contributed by atoms with E-state index in [9.17, 15) is 0 Å². The highest BCUT2D eigenvalue weighted by atomic mass is 79.9. The van der Waals surface area contributed by atoms with Gasteiger partial charge in [0.1, 0.15) is 12.4 Å². The van der Waals surface area contributed by atoms with E-state index in [1.165, 1.54) is 0 Å². The maximum atomic E-state index is 6.04. The van der Waals surface area contributed by atoms with Crippen molar-refractivity contribution in [1.82, 2.24) is 15.1 Å². The van der Waals surface area contributed by atoms with Crippen molar-refractivity contribution in [3.8, 4) is 5.75 Å². The van der Waals surface area contributed by atoms with E-state index < -0.39 is 0 Å². The van der Waals surface area contributed by atoms with Crippen LogP contribution in [0.5, 0.6) is 5.75 Å². The summed E-state index contributed by atoms with van der Waals surface area (Å²) in [4.78, 5) is 0. The molecule has 0 radical (unpaired) electrons. The van der Waals surface area contributed by atoms with Gasteiger partial charge in [0.2, 0.25) is 0 Å². The van der Waals surface area contributed by atoms with E-state index >= 15 is 0 Å². The first-order chi connectivity index (χ1) is 10.0. The summed E-state index contributed by atoms with van der Waals surface area (Å²) in [6.45, 7) is 7.59. The quantitative estimate of drug-likeness (QED) is 0.859. The zero-order valence-corrected chi connectivity index (χ0v) is 14.6. The van der Waals surface area contributed by atoms with E-state index in [-0.39, 0.29) is 6.04 Å². The molecule has 0 spiro atoms. The molecule has 1 N–H and O–H groups in total. The molecule has 4 nitrogen and oxygen atoms in total. The summed E-state index contributed by atoms with van der Waals surface area (Å²) in [7, 11) is 1.95. The topological polar surface area (TPSA) is 39.1 Å². The monoisotopic (exact) mass is 351 g/mol. The minimum atomic E-state index is 0.232. The van der Waals surface area contributed by atoms with Crippen LogP contribution in [0.4, 0.5) is 0 Å². The van der Waals surface area contributed by atoms with Crippen LogP contribution in [-0.2, 0) is 13.2 Å². The first kappa shape index (κ1) is 16.0. The maximum Gasteiger partial charge on any atom is 0.130 e. The number of nitrogens with one attached hydrogen (secondary N) is 1. The second-order valence-corrected chi connectivity index (χ2v) is 5.99. The van der Waals surface area contributed by atoms with E-state index in [1.807, 2.05) is 30.8 Å². The van der Waals surface area contributed by atoms with Gasteiger partial charge in [-0.3, -0.25) is 4.68 Å². The van der Waals surface area contributed by atoms with Crippen LogP contribution in [0.1, 0.15) is 36.8 Å². The summed E-state index contributed by atoms with van der Waals surface area (Å²) in [5.41, 5.74) is 3.27. The molecular weight excluding hydrogens is 330 g/mol. The third-order valence-corrected chi connectivity index (χ3v) is 4.03. The molecule has 114 valence electrons. The van der Waals surface area contributed by atoms with Crippen molar-refractivity contribution in [1.29, 1.82) is 0 Å². The first-order valence-corrected chi connectivity index (χ1v) is 7.97. The third-order valence-electron chi connectivity index (χ3n) is 3.53. The predicted molar refractivity (Wildman–Crippen MR) is 88.6 cm³/mol. The van der Waals surface area contributed by atoms with Crippen LogP contribution in [0, 0.1) is 6.92 Å². The van der Waals surface area contributed by atoms with E-state index in [0.717, 1.165) is 33.7 Å². The zero-order chi connectivity index (χ0) is 15.4. The molecule has 0 fully saturated rings. The molecule has 1 atom stereocenters. The van der Waals surface area contributed by atoms with Crippen molar-refractivity contribution < 1.29 is 4.74 Å². The molecule has 1 aromatic heterocycles. The smallest absolute Gasteiger partial charge is 0.130 e. The number of aromatic nitrogens is 2. The van der Waals surface area contributed by atoms with E-state index in [2.05, 4.69) is 52.3 Å². The second kappa shape index (κ2) is 7.09. The molecule has 2 rings (SSSR count). The average Bonchev–Trinajstić information content (AvgIpc) is 2.85. The molecule has 1 heterocycles. The summed E-state index contributed by atoms with van der Waals surface area (Å²) in [5, 5.41) is 7.70. The largest absolute Gasteiger partial charge is 0.487 e. The molecule has 0 aliphatic carbocycles. The van der Waals surface area contributed by atoms with Crippen molar-refractivity contribution in [2.75, 3.05) is 7.05 Å². The highest BCUT2D eigenvalue weighted by molar-refractivity contribution is 9.10. The number of ether oxygens (including phenoxy) is 1. The Morgan fingerprint density at radius 1 is 1.38 bits per heavy atom. The number of rotatable bonds is 6. The van der Waals surface area contributed by atoms with Gasteiger partial charge in [-0.05, 0) is 52.1 Å². The lowest BCUT2D eigenvalue weighted by atomic mass is 10.1. The van der Waals surface area contributed by atoms with Gasteiger partial charge < -0.3 is 10.1 Å². The van der Waals surface area contributed by atoms with Crippen LogP contribution in [0.2, 0.25) is 0 Å². The molecule has 0 saturated heterocycles. The van der Waals surface area contributed by atoms with E-state index in [1.54, 1.807) is 0 Å². The van der Waals surface area contributed by atoms with E-state index in [4.69, 9.17) is 4.74 Å². The molecule has 0 aliphatic rings. The SMILES string of the molecule is CCn1nc(C)cc1COc1ccc(Br)cc1C(C)NC. The Bertz CT molecular complexity index is 610. The predicted octanol–water partition coefficient (Wildman–Crippen LogP) is 3.83. The Morgan fingerprint density at radius 3 is 2.81 bits per heavy atom. The average molecular weight is 352 g/mol. The fraction of sp³-hybridized carbons (Fsp3) is 0.438. The Morgan fingerprint density at radius 2 is 2.14 bits per heavy atom. The number of aryl methyl sites for hydroxylation is 2. The van der Waals surface area contributed by atoms with Crippen LogP contribution in [0.25, 0.3) is 0 Å². The molecule has 1 aromatic carbocycles. The second-order valence-electron chi connectivity index (χ2n) is 5.07. The van der Waals surface area contributed by atoms with Crippen molar-refractivity contribution in [3.63, 3.8) is 0 Å². The van der Waals surface area contributed by atoms with Gasteiger partial charge in [0.15, 0.2) is 0 Å². The fourth-order valence-corrected chi connectivity index (χ4v) is 2.66. The molecule has 0 bridgehead atoms. The number of hydrogen-bond donors (Lipinski definition) is 1. The lowest BCUT2D eigenvalue weighted by Crippen LogP contribution is -2.14. The van der Waals surface area contributed by atoms with Crippen LogP contribution in [-0.4, -0.2) is 16.8 Å². The summed E-state index contributed by atoms with van der Waals surface area (Å²) in [5.74, 6) is 0.904. The molecule has 0 amide bonds. The minimum Gasteiger partial charge on any atom is -0.487 e. The molecule has 2 aromatic rings. The summed E-state index contributed by atoms with van der Waals surface area (Å²) >= 11 is 3.52. The number of hydrogen-bond acceptors (Lipinski definition) is 3. The Labute approximate surface area is 134 Å². The van der Waals surface area contributed by atoms with Gasteiger partial charge in [-0.15, -0.1) is 0 Å². The van der Waals surface area contributed by atoms with Crippen molar-refractivity contribution in [3.05, 3.63) is 45.7 Å². The van der Waals surface area contributed by atoms with E-state index in [0.29, 0.717) is 6.61 Å². The van der Waals surface area contributed by atoms with Crippen molar-refractivity contribution in [2.45, 2.75) is 40.0 Å². The standard InChI is InChI=1S/C16H22BrN3O/c1-5-20-14(8-11(2)19-20)10-21-16-7-6-13(17)9-15(16)12(3)18-4/h6-9,12,18H,5,10H2,1-4H3. The van der Waals surface area contributed by atoms with Crippen molar-refractivity contribution in [2.24, 2.45) is 0 Å². The molecular formula is C16H22BrN3O. The minimum absolute atomic E-state index is 0.232. The Hall–Kier alpha value is -1.33. The third kappa shape index (κ3) is 3.86. The lowest BCUT2D eigenvalue weighted by molar-refractivity contribution is 0.287. The van der Waals surface area contributed by atoms with Gasteiger partial charge in [0, 0.05) is 22.6 Å². The fourth-order valence-electron chi connectivity index (χ4n) is 2.29. The first-order valence-electron chi connectivity index (χ1n) is 7.18. The maximum absolute atomic E-state index is 6.04. The molecule has 1 unspecified atom stereocenters. The Kier molecular flexibility index (Phi) is 5.42. The van der Waals surface area contributed by atoms with Gasteiger partial charge in [-0.2, -0.15) is 5.10 Å². The highest BCUT2D eigenvalue weighted by Crippen LogP contribution is 2.29. The van der Waals surface area contributed by atoms with Crippen LogP contribution in [0.3, 0.4) is 0 Å². The van der Waals surface area contributed by atoms with Gasteiger partial charge in [-0.1, -0.05) is 15.9 Å². The van der Waals surface area contributed by atoms with Gasteiger partial charge in [0.05, 0.1) is 11.4 Å². The summed E-state index contributed by atoms with van der Waals surface area (Å²) < 4.78 is 9.07. The van der Waals surface area contributed by atoms with Crippen LogP contribution in [0.15, 0.2) is 28.7 Å².